The zero-order valence-corrected chi connectivity index (χ0v) is 30.8. The number of allylic oxidation sites excluding steroid dienone is 1. The smallest absolute Gasteiger partial charge is 0.145 e. The molecule has 8 aromatic carbocycles. The molecule has 0 amide bonds. The van der Waals surface area contributed by atoms with Crippen molar-refractivity contribution in [3.8, 4) is 33.8 Å². The van der Waals surface area contributed by atoms with Gasteiger partial charge in [-0.2, -0.15) is 0 Å². The highest BCUT2D eigenvalue weighted by Gasteiger charge is 2.51. The molecule has 268 valence electrons. The fourth-order valence-corrected chi connectivity index (χ4v) is 9.47. The van der Waals surface area contributed by atoms with Crippen molar-refractivity contribution in [1.29, 1.82) is 0 Å². The van der Waals surface area contributed by atoms with Crippen LogP contribution in [0.4, 0.5) is 0 Å². The van der Waals surface area contributed by atoms with E-state index in [4.69, 9.17) is 14.1 Å². The van der Waals surface area contributed by atoms with Crippen LogP contribution in [0.2, 0.25) is 0 Å². The molecule has 3 heterocycles. The quantitative estimate of drug-likeness (QED) is 0.196. The van der Waals surface area contributed by atoms with Gasteiger partial charge in [0.2, 0.25) is 0 Å². The predicted molar refractivity (Wildman–Crippen MR) is 230 cm³/mol. The zero-order chi connectivity index (χ0) is 37.5. The number of furan rings is 1. The summed E-state index contributed by atoms with van der Waals surface area (Å²) < 4.78 is 13.1. The first-order valence-electron chi connectivity index (χ1n) is 19.5. The van der Waals surface area contributed by atoms with Crippen LogP contribution in [0, 0.1) is 0 Å². The average molecular weight is 731 g/mol. The zero-order valence-electron chi connectivity index (χ0n) is 30.8. The average Bonchev–Trinajstić information content (AvgIpc) is 3.81. The maximum Gasteiger partial charge on any atom is 0.145 e. The normalized spacial score (nSPS) is 15.8. The van der Waals surface area contributed by atoms with E-state index < -0.39 is 5.41 Å². The molecule has 1 unspecified atom stereocenters. The summed E-state index contributed by atoms with van der Waals surface area (Å²) in [5, 5.41) is 6.11. The van der Waals surface area contributed by atoms with E-state index >= 15 is 0 Å². The Labute approximate surface area is 330 Å². The monoisotopic (exact) mass is 730 g/mol. The van der Waals surface area contributed by atoms with Crippen molar-refractivity contribution < 1.29 is 9.15 Å². The third kappa shape index (κ3) is 4.71. The van der Waals surface area contributed by atoms with Gasteiger partial charge in [0, 0.05) is 33.2 Å². The first-order chi connectivity index (χ1) is 28.2. The maximum absolute atomic E-state index is 6.73. The van der Waals surface area contributed by atoms with Crippen LogP contribution in [-0.2, 0) is 5.41 Å². The van der Waals surface area contributed by atoms with Gasteiger partial charge >= 0.3 is 0 Å². The number of hydrogen-bond donors (Lipinski definition) is 1. The number of aliphatic imine (C=N–C) groups is 1. The van der Waals surface area contributed by atoms with E-state index in [-0.39, 0.29) is 6.17 Å². The van der Waals surface area contributed by atoms with Gasteiger partial charge < -0.3 is 14.5 Å². The van der Waals surface area contributed by atoms with Crippen LogP contribution in [0.15, 0.2) is 204 Å². The number of fused-ring (bicyclic) bond motifs is 12. The molecule has 3 aliphatic rings. The topological polar surface area (TPSA) is 46.8 Å². The third-order valence-electron chi connectivity index (χ3n) is 12.0. The van der Waals surface area contributed by atoms with E-state index in [1.165, 1.54) is 22.3 Å². The lowest BCUT2D eigenvalue weighted by Gasteiger charge is -2.40. The van der Waals surface area contributed by atoms with Crippen molar-refractivity contribution in [1.82, 2.24) is 5.32 Å². The molecular weight excluding hydrogens is 697 g/mol. The molecule has 1 aromatic heterocycles. The predicted octanol–water partition coefficient (Wildman–Crippen LogP) is 12.9. The fraction of sp³-hybridized carbons (Fsp3) is 0.0377. The van der Waals surface area contributed by atoms with Crippen LogP contribution in [0.3, 0.4) is 0 Å². The molecule has 1 spiro atoms. The Balaban J connectivity index is 0.981. The number of nitrogens with zero attached hydrogens (tertiary/aromatic N) is 1. The SMILES string of the molecule is C1=C(c2ccc(-c3cccc4c3oc3ccccc34)cc2)NC(c2ccc3c(c2)C2(c4ccccc4O3)c3ccccc3-c3ccccc32)N=C1c1ccccc1. The Morgan fingerprint density at radius 1 is 0.474 bits per heavy atom. The maximum atomic E-state index is 6.73. The van der Waals surface area contributed by atoms with E-state index in [0.29, 0.717) is 0 Å². The standard InChI is InChI=1S/C53H34N2O2/c1-2-13-34(14-3-1)46-32-47(35-27-25-33(26-28-35)37-18-12-19-41-40-17-6-10-23-48(40)57-51(37)41)55-52(54-46)36-29-30-50-45(31-36)53(44-22-9-11-24-49(44)56-50)42-20-7-4-15-38(42)39-16-5-8-21-43(39)53/h1-32,52,55H. The number of rotatable bonds is 4. The van der Waals surface area contributed by atoms with Crippen LogP contribution in [0.5, 0.6) is 11.5 Å². The lowest BCUT2D eigenvalue weighted by molar-refractivity contribution is 0.435. The third-order valence-corrected chi connectivity index (χ3v) is 12.0. The van der Waals surface area contributed by atoms with Crippen molar-refractivity contribution in [2.75, 3.05) is 0 Å². The van der Waals surface area contributed by atoms with Gasteiger partial charge in [-0.25, -0.2) is 0 Å². The van der Waals surface area contributed by atoms with E-state index in [1.807, 2.05) is 18.2 Å². The second-order valence-electron chi connectivity index (χ2n) is 15.0. The molecule has 0 radical (unpaired) electrons. The van der Waals surface area contributed by atoms with Crippen LogP contribution < -0.4 is 10.1 Å². The van der Waals surface area contributed by atoms with Gasteiger partial charge in [-0.1, -0.05) is 164 Å². The summed E-state index contributed by atoms with van der Waals surface area (Å²) in [5.74, 6) is 1.74. The second-order valence-corrected chi connectivity index (χ2v) is 15.0. The van der Waals surface area contributed by atoms with Gasteiger partial charge in [0.15, 0.2) is 0 Å². The minimum absolute atomic E-state index is 0.351. The largest absolute Gasteiger partial charge is 0.457 e. The Bertz CT molecular complexity index is 3090. The summed E-state index contributed by atoms with van der Waals surface area (Å²) in [4.78, 5) is 5.39. The molecule has 1 aliphatic carbocycles. The van der Waals surface area contributed by atoms with Gasteiger partial charge in [0.1, 0.15) is 28.8 Å². The van der Waals surface area contributed by atoms with Crippen molar-refractivity contribution in [3.05, 3.63) is 233 Å². The molecule has 9 aromatic rings. The summed E-state index contributed by atoms with van der Waals surface area (Å²) in [6.07, 6.45) is 1.82. The summed E-state index contributed by atoms with van der Waals surface area (Å²) in [6.45, 7) is 0. The molecule has 57 heavy (non-hydrogen) atoms. The summed E-state index contributed by atoms with van der Waals surface area (Å²) in [7, 11) is 0. The molecule has 0 saturated carbocycles. The Morgan fingerprint density at radius 3 is 1.91 bits per heavy atom. The number of hydrogen-bond acceptors (Lipinski definition) is 4. The molecule has 1 N–H and O–H groups in total. The molecule has 2 aliphatic heterocycles. The highest BCUT2D eigenvalue weighted by Crippen LogP contribution is 2.62. The van der Waals surface area contributed by atoms with Gasteiger partial charge in [0.25, 0.3) is 0 Å². The lowest BCUT2D eigenvalue weighted by Crippen LogP contribution is -2.33. The Hall–Kier alpha value is -7.43. The van der Waals surface area contributed by atoms with Crippen LogP contribution in [0.1, 0.15) is 45.1 Å². The molecule has 0 saturated heterocycles. The van der Waals surface area contributed by atoms with E-state index in [1.54, 1.807) is 0 Å². The summed E-state index contributed by atoms with van der Waals surface area (Å²) >= 11 is 0. The van der Waals surface area contributed by atoms with Crippen LogP contribution in [0.25, 0.3) is 49.9 Å². The van der Waals surface area contributed by atoms with E-state index in [2.05, 4.69) is 181 Å². The van der Waals surface area contributed by atoms with Crippen LogP contribution in [-0.4, -0.2) is 5.71 Å². The molecule has 1 atom stereocenters. The van der Waals surface area contributed by atoms with Crippen molar-refractivity contribution in [2.24, 2.45) is 4.99 Å². The van der Waals surface area contributed by atoms with E-state index in [9.17, 15) is 0 Å². The van der Waals surface area contributed by atoms with Gasteiger partial charge in [-0.15, -0.1) is 0 Å². The molecular formula is C53H34N2O2. The molecule has 12 rings (SSSR count). The second kappa shape index (κ2) is 12.3. The first-order valence-corrected chi connectivity index (χ1v) is 19.5. The van der Waals surface area contributed by atoms with Crippen molar-refractivity contribution >= 4 is 33.3 Å². The van der Waals surface area contributed by atoms with Gasteiger partial charge in [-0.3, -0.25) is 4.99 Å². The highest BCUT2D eigenvalue weighted by molar-refractivity contribution is 6.13. The van der Waals surface area contributed by atoms with Gasteiger partial charge in [-0.05, 0) is 74.8 Å². The Kier molecular flexibility index (Phi) is 6.87. The molecule has 0 bridgehead atoms. The number of ether oxygens (including phenoxy) is 1. The summed E-state index contributed by atoms with van der Waals surface area (Å²) in [6, 6.07) is 66.7. The summed E-state index contributed by atoms with van der Waals surface area (Å²) in [5.41, 5.74) is 15.9. The molecule has 4 nitrogen and oxygen atoms in total. The molecule has 4 heteroatoms. The highest BCUT2D eigenvalue weighted by atomic mass is 16.5. The van der Waals surface area contributed by atoms with Gasteiger partial charge in [0.05, 0.1) is 11.1 Å². The number of para-hydroxylation sites is 3. The lowest BCUT2D eigenvalue weighted by atomic mass is 9.66. The first kappa shape index (κ1) is 31.9. The molecule has 0 fully saturated rings. The van der Waals surface area contributed by atoms with Crippen LogP contribution >= 0.6 is 0 Å². The van der Waals surface area contributed by atoms with Crippen molar-refractivity contribution in [2.45, 2.75) is 11.6 Å². The fourth-order valence-electron chi connectivity index (χ4n) is 9.47. The van der Waals surface area contributed by atoms with E-state index in [0.717, 1.165) is 83.8 Å². The Morgan fingerprint density at radius 2 is 1.11 bits per heavy atom. The minimum atomic E-state index is -0.550. The number of benzene rings is 8. The number of nitrogens with one attached hydrogen (secondary N) is 1. The minimum Gasteiger partial charge on any atom is -0.457 e. The van der Waals surface area contributed by atoms with Crippen molar-refractivity contribution in [3.63, 3.8) is 0 Å².